The maximum Gasteiger partial charge on any atom is 0.352 e. The van der Waals surface area contributed by atoms with E-state index in [2.05, 4.69) is 5.32 Å². The van der Waals surface area contributed by atoms with E-state index in [1.807, 2.05) is 6.92 Å². The fourth-order valence-corrected chi connectivity index (χ4v) is 2.91. The van der Waals surface area contributed by atoms with Crippen LogP contribution in [0, 0.1) is 5.82 Å². The van der Waals surface area contributed by atoms with Gasteiger partial charge in [-0.2, -0.15) is 0 Å². The molecule has 0 bridgehead atoms. The van der Waals surface area contributed by atoms with Crippen molar-refractivity contribution >= 4 is 13.3 Å². The lowest BCUT2D eigenvalue weighted by Crippen LogP contribution is -2.11. The first-order valence-corrected chi connectivity index (χ1v) is 10.3. The lowest BCUT2D eigenvalue weighted by molar-refractivity contribution is 0.216. The molecule has 0 aliphatic carbocycles. The van der Waals surface area contributed by atoms with Gasteiger partial charge in [0, 0.05) is 11.8 Å². The molecule has 1 atom stereocenters. The molecule has 0 radical (unpaired) electrons. The van der Waals surface area contributed by atoms with Crippen LogP contribution in [0.15, 0.2) is 48.5 Å². The van der Waals surface area contributed by atoms with Crippen LogP contribution < -0.4 is 10.1 Å². The van der Waals surface area contributed by atoms with Crippen molar-refractivity contribution in [2.24, 2.45) is 0 Å². The topological polar surface area (TPSA) is 99.0 Å². The monoisotopic (exact) mass is 399 g/mol. The van der Waals surface area contributed by atoms with Crippen LogP contribution in [0.5, 0.6) is 5.75 Å². The minimum atomic E-state index is -4.46. The molecule has 150 valence electrons. The number of benzene rings is 2. The Hall–Kier alpha value is -1.92. The molecule has 2 aromatic rings. The van der Waals surface area contributed by atoms with Crippen LogP contribution in [0.3, 0.4) is 0 Å². The maximum absolute atomic E-state index is 12.9. The molecule has 0 amide bonds. The van der Waals surface area contributed by atoms with Crippen molar-refractivity contribution in [3.63, 3.8) is 0 Å². The van der Waals surface area contributed by atoms with Gasteiger partial charge in [-0.3, -0.25) is 4.57 Å². The van der Waals surface area contributed by atoms with Gasteiger partial charge in [0.2, 0.25) is 0 Å². The average Bonchev–Trinajstić information content (AvgIpc) is 2.58. The normalized spacial score (nSPS) is 12.1. The molecule has 0 aliphatic rings. The molecule has 27 heavy (non-hydrogen) atoms. The van der Waals surface area contributed by atoms with Crippen LogP contribution in [0.2, 0.25) is 0 Å². The van der Waals surface area contributed by atoms with Crippen LogP contribution in [0.1, 0.15) is 38.5 Å². The number of rotatable bonds is 7. The predicted octanol–water partition coefficient (Wildman–Crippen LogP) is 4.29. The quantitative estimate of drug-likeness (QED) is 0.519. The number of anilines is 1. The van der Waals surface area contributed by atoms with Gasteiger partial charge in [-0.25, -0.2) is 4.39 Å². The molecule has 6 nitrogen and oxygen atoms in total. The fraction of sp³-hybridized carbons (Fsp3) is 0.368. The lowest BCUT2D eigenvalue weighted by atomic mass is 10.2. The highest BCUT2D eigenvalue weighted by Crippen LogP contribution is 2.51. The molecule has 8 heteroatoms. The molecule has 0 spiro atoms. The summed E-state index contributed by atoms with van der Waals surface area (Å²) in [6, 6.07) is 11.8. The fourth-order valence-electron chi connectivity index (χ4n) is 2.03. The second-order valence-electron chi connectivity index (χ2n) is 6.15. The Bertz CT molecular complexity index is 713. The van der Waals surface area contributed by atoms with Crippen LogP contribution in [0.25, 0.3) is 0 Å². The smallest absolute Gasteiger partial charge is 0.352 e. The average molecular weight is 399 g/mol. The molecule has 0 aromatic heterocycles. The second kappa shape index (κ2) is 11.0. The van der Waals surface area contributed by atoms with Crippen molar-refractivity contribution in [2.75, 3.05) is 11.9 Å². The van der Waals surface area contributed by atoms with Gasteiger partial charge in [0.1, 0.15) is 11.6 Å². The number of halogens is 1. The van der Waals surface area contributed by atoms with E-state index in [1.54, 1.807) is 38.1 Å². The van der Waals surface area contributed by atoms with Crippen molar-refractivity contribution in [3.8, 4) is 5.75 Å². The summed E-state index contributed by atoms with van der Waals surface area (Å²) in [7, 11) is -4.46. The highest BCUT2D eigenvalue weighted by Gasteiger charge is 2.30. The van der Waals surface area contributed by atoms with Crippen LogP contribution >= 0.6 is 7.60 Å². The Balaban J connectivity index is 0.000000828. The zero-order chi connectivity index (χ0) is 20.4. The van der Waals surface area contributed by atoms with Crippen molar-refractivity contribution in [1.82, 2.24) is 0 Å². The van der Waals surface area contributed by atoms with Gasteiger partial charge in [0.25, 0.3) is 0 Å². The number of ether oxygens (including phenoxy) is 1. The van der Waals surface area contributed by atoms with E-state index < -0.39 is 19.2 Å². The van der Waals surface area contributed by atoms with Gasteiger partial charge in [-0.15, -0.1) is 0 Å². The van der Waals surface area contributed by atoms with E-state index in [0.29, 0.717) is 23.6 Å². The van der Waals surface area contributed by atoms with Crippen molar-refractivity contribution in [1.29, 1.82) is 0 Å². The van der Waals surface area contributed by atoms with Crippen LogP contribution in [0.4, 0.5) is 10.1 Å². The standard InChI is InChI=1S/C16H19FNO4P.C3H8O/c1-2-11-22-15-9-3-12(4-10-15)16(23(19,20)21)18-14-7-5-13(17)6-8-14;1-3(2)4/h3-10,16,18H,2,11H2,1H3,(H2,19,20,21);3-4H,1-2H3. The second-order valence-corrected chi connectivity index (χ2v) is 7.85. The number of nitrogens with one attached hydrogen (secondary N) is 1. The SMILES string of the molecule is CC(C)O.CCCOc1ccc(C(Nc2ccc(F)cc2)P(=O)(O)O)cc1. The third-order valence-corrected chi connectivity index (χ3v) is 4.25. The molecule has 0 fully saturated rings. The minimum absolute atomic E-state index is 0.167. The third-order valence-electron chi connectivity index (χ3n) is 3.15. The van der Waals surface area contributed by atoms with Gasteiger partial charge < -0.3 is 24.9 Å². The molecule has 0 saturated heterocycles. The first kappa shape index (κ1) is 23.1. The summed E-state index contributed by atoms with van der Waals surface area (Å²) < 4.78 is 30.2. The zero-order valence-electron chi connectivity index (χ0n) is 15.7. The van der Waals surface area contributed by atoms with E-state index in [4.69, 9.17) is 9.84 Å². The van der Waals surface area contributed by atoms with Gasteiger partial charge >= 0.3 is 7.60 Å². The highest BCUT2D eigenvalue weighted by molar-refractivity contribution is 7.52. The summed E-state index contributed by atoms with van der Waals surface area (Å²) in [5, 5.41) is 10.8. The van der Waals surface area contributed by atoms with Crippen LogP contribution in [-0.4, -0.2) is 27.6 Å². The highest BCUT2D eigenvalue weighted by atomic mass is 31.2. The molecule has 2 aromatic carbocycles. The Morgan fingerprint density at radius 2 is 1.59 bits per heavy atom. The Morgan fingerprint density at radius 3 is 2.04 bits per heavy atom. The number of hydrogen-bond donors (Lipinski definition) is 4. The van der Waals surface area contributed by atoms with E-state index >= 15 is 0 Å². The summed E-state index contributed by atoms with van der Waals surface area (Å²) in [5.41, 5.74) is 0.845. The molecule has 1 unspecified atom stereocenters. The van der Waals surface area contributed by atoms with Crippen molar-refractivity contribution in [2.45, 2.75) is 39.1 Å². The van der Waals surface area contributed by atoms with Gasteiger partial charge in [0.05, 0.1) is 6.61 Å². The van der Waals surface area contributed by atoms with Crippen molar-refractivity contribution in [3.05, 3.63) is 59.9 Å². The number of aliphatic hydroxyl groups excluding tert-OH is 1. The molecule has 0 heterocycles. The zero-order valence-corrected chi connectivity index (χ0v) is 16.6. The number of aliphatic hydroxyl groups is 1. The number of hydrogen-bond acceptors (Lipinski definition) is 4. The Kier molecular flexibility index (Phi) is 9.46. The first-order valence-electron chi connectivity index (χ1n) is 8.61. The Labute approximate surface area is 159 Å². The van der Waals surface area contributed by atoms with Gasteiger partial charge in [-0.1, -0.05) is 19.1 Å². The van der Waals surface area contributed by atoms with E-state index in [9.17, 15) is 18.7 Å². The molecule has 0 aliphatic heterocycles. The summed E-state index contributed by atoms with van der Waals surface area (Å²) in [4.78, 5) is 19.2. The van der Waals surface area contributed by atoms with Gasteiger partial charge in [0.15, 0.2) is 5.78 Å². The minimum Gasteiger partial charge on any atom is -0.494 e. The first-order chi connectivity index (χ1) is 12.6. The molecular formula is C19H27FNO5P. The summed E-state index contributed by atoms with van der Waals surface area (Å²) in [5.74, 6) is -0.990. The van der Waals surface area contributed by atoms with E-state index in [1.165, 1.54) is 24.3 Å². The molecule has 2 rings (SSSR count). The van der Waals surface area contributed by atoms with Crippen LogP contribution in [-0.2, 0) is 4.57 Å². The lowest BCUT2D eigenvalue weighted by Gasteiger charge is -2.21. The van der Waals surface area contributed by atoms with E-state index in [-0.39, 0.29) is 6.10 Å². The predicted molar refractivity (Wildman–Crippen MR) is 104 cm³/mol. The molecular weight excluding hydrogens is 372 g/mol. The summed E-state index contributed by atoms with van der Waals surface area (Å²) in [6.07, 6.45) is 0.707. The van der Waals surface area contributed by atoms with E-state index in [0.717, 1.165) is 6.42 Å². The third kappa shape index (κ3) is 9.02. The van der Waals surface area contributed by atoms with Gasteiger partial charge in [-0.05, 0) is 62.2 Å². The summed E-state index contributed by atoms with van der Waals surface area (Å²) in [6.45, 7) is 6.01. The Morgan fingerprint density at radius 1 is 1.07 bits per heavy atom. The molecule has 0 saturated carbocycles. The largest absolute Gasteiger partial charge is 0.494 e. The molecule has 4 N–H and O–H groups in total. The van der Waals surface area contributed by atoms with Crippen molar-refractivity contribution < 1.29 is 28.6 Å². The summed E-state index contributed by atoms with van der Waals surface area (Å²) >= 11 is 0. The maximum atomic E-state index is 12.9.